The lowest BCUT2D eigenvalue weighted by Crippen LogP contribution is -2.33. The molecule has 0 radical (unpaired) electrons. The predicted octanol–water partition coefficient (Wildman–Crippen LogP) is 2.71. The molecule has 0 unspecified atom stereocenters. The molecule has 150 valence electrons. The second-order valence-electron chi connectivity index (χ2n) is 6.38. The van der Waals surface area contributed by atoms with Crippen molar-refractivity contribution in [1.82, 2.24) is 10.3 Å². The molecule has 0 aliphatic carbocycles. The van der Waals surface area contributed by atoms with E-state index < -0.39 is 30.3 Å². The Kier molecular flexibility index (Phi) is 6.92. The van der Waals surface area contributed by atoms with Crippen LogP contribution in [0.4, 0.5) is 4.39 Å². The van der Waals surface area contributed by atoms with Crippen LogP contribution in [0.25, 0.3) is 0 Å². The fourth-order valence-electron chi connectivity index (χ4n) is 2.76. The van der Waals surface area contributed by atoms with Crippen LogP contribution in [-0.4, -0.2) is 41.7 Å². The SMILES string of the molecule is COc1ccnc(C(=O)NCC(=O)O[C@@H](C)[C@H](C)c2ccc(F)cc2C)c1O. The lowest BCUT2D eigenvalue weighted by molar-refractivity contribution is -0.147. The molecule has 0 saturated heterocycles. The third-order valence-electron chi connectivity index (χ3n) is 4.46. The Morgan fingerprint density at radius 3 is 2.64 bits per heavy atom. The van der Waals surface area contributed by atoms with E-state index in [9.17, 15) is 19.1 Å². The second-order valence-corrected chi connectivity index (χ2v) is 6.38. The number of carbonyl (C=O) groups is 2. The Bertz CT molecular complexity index is 872. The molecule has 0 aliphatic rings. The van der Waals surface area contributed by atoms with Crippen molar-refractivity contribution in [2.24, 2.45) is 0 Å². The molecular weight excluding hydrogens is 367 g/mol. The molecule has 28 heavy (non-hydrogen) atoms. The van der Waals surface area contributed by atoms with Crippen molar-refractivity contribution in [3.05, 3.63) is 53.1 Å². The fourth-order valence-corrected chi connectivity index (χ4v) is 2.76. The van der Waals surface area contributed by atoms with Gasteiger partial charge in [-0.15, -0.1) is 0 Å². The van der Waals surface area contributed by atoms with Crippen molar-refractivity contribution < 1.29 is 28.6 Å². The monoisotopic (exact) mass is 390 g/mol. The molecule has 1 aromatic carbocycles. The molecule has 2 N–H and O–H groups in total. The van der Waals surface area contributed by atoms with E-state index in [0.717, 1.165) is 11.1 Å². The summed E-state index contributed by atoms with van der Waals surface area (Å²) in [7, 11) is 1.35. The van der Waals surface area contributed by atoms with Crippen LogP contribution in [0.15, 0.2) is 30.5 Å². The first-order chi connectivity index (χ1) is 13.2. The van der Waals surface area contributed by atoms with E-state index in [1.165, 1.54) is 31.5 Å². The van der Waals surface area contributed by atoms with E-state index in [4.69, 9.17) is 9.47 Å². The number of benzene rings is 1. The number of hydrogen-bond donors (Lipinski definition) is 2. The quantitative estimate of drug-likeness (QED) is 0.706. The van der Waals surface area contributed by atoms with Crippen LogP contribution in [0.1, 0.15) is 41.4 Å². The minimum atomic E-state index is -0.733. The summed E-state index contributed by atoms with van der Waals surface area (Å²) in [6.45, 7) is 4.99. The average Bonchev–Trinajstić information content (AvgIpc) is 2.65. The summed E-state index contributed by atoms with van der Waals surface area (Å²) < 4.78 is 23.5. The Hall–Kier alpha value is -3.16. The molecule has 0 aliphatic heterocycles. The van der Waals surface area contributed by atoms with Crippen molar-refractivity contribution in [1.29, 1.82) is 0 Å². The topological polar surface area (TPSA) is 97.8 Å². The van der Waals surface area contributed by atoms with Gasteiger partial charge in [0.25, 0.3) is 5.91 Å². The number of nitrogens with zero attached hydrogens (tertiary/aromatic N) is 1. The lowest BCUT2D eigenvalue weighted by Gasteiger charge is -2.22. The smallest absolute Gasteiger partial charge is 0.325 e. The summed E-state index contributed by atoms with van der Waals surface area (Å²) >= 11 is 0. The summed E-state index contributed by atoms with van der Waals surface area (Å²) in [5, 5.41) is 12.3. The average molecular weight is 390 g/mol. The van der Waals surface area contributed by atoms with Crippen molar-refractivity contribution in [3.63, 3.8) is 0 Å². The number of carbonyl (C=O) groups excluding carboxylic acids is 2. The first-order valence-electron chi connectivity index (χ1n) is 8.70. The van der Waals surface area contributed by atoms with Gasteiger partial charge in [0.2, 0.25) is 0 Å². The van der Waals surface area contributed by atoms with E-state index in [0.29, 0.717) is 0 Å². The van der Waals surface area contributed by atoms with Crippen LogP contribution >= 0.6 is 0 Å². The zero-order chi connectivity index (χ0) is 20.8. The number of rotatable bonds is 7. The van der Waals surface area contributed by atoms with Gasteiger partial charge in [0, 0.05) is 18.2 Å². The number of ether oxygens (including phenoxy) is 2. The third kappa shape index (κ3) is 4.97. The van der Waals surface area contributed by atoms with Crippen LogP contribution in [0, 0.1) is 12.7 Å². The van der Waals surface area contributed by atoms with Gasteiger partial charge in [0.1, 0.15) is 18.5 Å². The first-order valence-corrected chi connectivity index (χ1v) is 8.70. The highest BCUT2D eigenvalue weighted by Crippen LogP contribution is 2.27. The van der Waals surface area contributed by atoms with Crippen LogP contribution in [0.2, 0.25) is 0 Å². The molecule has 8 heteroatoms. The summed E-state index contributed by atoms with van der Waals surface area (Å²) in [5.41, 5.74) is 1.38. The van der Waals surface area contributed by atoms with Gasteiger partial charge in [-0.05, 0) is 37.1 Å². The molecule has 0 saturated carbocycles. The highest BCUT2D eigenvalue weighted by Gasteiger charge is 2.22. The lowest BCUT2D eigenvalue weighted by atomic mass is 9.92. The van der Waals surface area contributed by atoms with Gasteiger partial charge in [-0.2, -0.15) is 0 Å². The number of nitrogens with one attached hydrogen (secondary N) is 1. The normalized spacial score (nSPS) is 12.8. The number of methoxy groups -OCH3 is 1. The Balaban J connectivity index is 1.94. The van der Waals surface area contributed by atoms with Gasteiger partial charge in [0.15, 0.2) is 17.2 Å². The van der Waals surface area contributed by atoms with E-state index in [1.807, 2.05) is 6.92 Å². The largest absolute Gasteiger partial charge is 0.503 e. The molecule has 2 aromatic rings. The van der Waals surface area contributed by atoms with Crippen LogP contribution in [0.5, 0.6) is 11.5 Å². The van der Waals surface area contributed by atoms with Crippen molar-refractivity contribution in [3.8, 4) is 11.5 Å². The van der Waals surface area contributed by atoms with Gasteiger partial charge in [-0.1, -0.05) is 13.0 Å². The second kappa shape index (κ2) is 9.16. The van der Waals surface area contributed by atoms with E-state index >= 15 is 0 Å². The van der Waals surface area contributed by atoms with Gasteiger partial charge >= 0.3 is 5.97 Å². The summed E-state index contributed by atoms with van der Waals surface area (Å²) in [6, 6.07) is 5.86. The molecule has 1 amide bonds. The van der Waals surface area contributed by atoms with Gasteiger partial charge in [0.05, 0.1) is 7.11 Å². The molecule has 2 atom stereocenters. The maximum Gasteiger partial charge on any atom is 0.325 e. The van der Waals surface area contributed by atoms with Crippen molar-refractivity contribution in [2.75, 3.05) is 13.7 Å². The van der Waals surface area contributed by atoms with Crippen LogP contribution < -0.4 is 10.1 Å². The molecule has 2 rings (SSSR count). The highest BCUT2D eigenvalue weighted by molar-refractivity contribution is 5.97. The minimum Gasteiger partial charge on any atom is -0.503 e. The number of halogens is 1. The van der Waals surface area contributed by atoms with Crippen molar-refractivity contribution >= 4 is 11.9 Å². The molecule has 1 heterocycles. The van der Waals surface area contributed by atoms with Gasteiger partial charge in [-0.3, -0.25) is 9.59 Å². The first kappa shape index (κ1) is 21.1. The highest BCUT2D eigenvalue weighted by atomic mass is 19.1. The number of pyridine rings is 1. The Labute approximate surface area is 162 Å². The van der Waals surface area contributed by atoms with Gasteiger partial charge < -0.3 is 19.9 Å². The van der Waals surface area contributed by atoms with E-state index in [2.05, 4.69) is 10.3 Å². The van der Waals surface area contributed by atoms with Crippen LogP contribution in [-0.2, 0) is 9.53 Å². The van der Waals surface area contributed by atoms with Crippen molar-refractivity contribution in [2.45, 2.75) is 32.8 Å². The molecule has 0 bridgehead atoms. The molecule has 0 spiro atoms. The van der Waals surface area contributed by atoms with E-state index in [-0.39, 0.29) is 23.2 Å². The number of esters is 1. The predicted molar refractivity (Wildman–Crippen MR) is 99.9 cm³/mol. The molecular formula is C20H23FN2O5. The Morgan fingerprint density at radius 2 is 2.00 bits per heavy atom. The third-order valence-corrected chi connectivity index (χ3v) is 4.46. The fraction of sp³-hybridized carbons (Fsp3) is 0.350. The summed E-state index contributed by atoms with van der Waals surface area (Å²) in [6.07, 6.45) is 0.817. The number of amides is 1. The minimum absolute atomic E-state index is 0.0971. The van der Waals surface area contributed by atoms with Gasteiger partial charge in [-0.25, -0.2) is 9.37 Å². The maximum atomic E-state index is 13.3. The van der Waals surface area contributed by atoms with E-state index in [1.54, 1.807) is 19.9 Å². The molecule has 0 fully saturated rings. The Morgan fingerprint density at radius 1 is 1.29 bits per heavy atom. The number of aromatic hydroxyl groups is 1. The number of hydrogen-bond acceptors (Lipinski definition) is 6. The number of aryl methyl sites for hydroxylation is 1. The van der Waals surface area contributed by atoms with Crippen LogP contribution in [0.3, 0.4) is 0 Å². The standard InChI is InChI=1S/C20H23FN2O5/c1-11-9-14(21)5-6-15(11)12(2)13(3)28-17(24)10-23-20(26)18-19(25)16(27-4)7-8-22-18/h5-9,12-13,25H,10H2,1-4H3,(H,23,26)/t12-,13-/m0/s1. The maximum absolute atomic E-state index is 13.3. The zero-order valence-corrected chi connectivity index (χ0v) is 16.2. The zero-order valence-electron chi connectivity index (χ0n) is 16.2. The summed E-state index contributed by atoms with van der Waals surface area (Å²) in [4.78, 5) is 28.0. The number of aromatic nitrogens is 1. The molecule has 7 nitrogen and oxygen atoms in total. The molecule has 1 aromatic heterocycles. The summed E-state index contributed by atoms with van der Waals surface area (Å²) in [5.74, 6) is -2.18.